The highest BCUT2D eigenvalue weighted by Gasteiger charge is 2.47. The summed E-state index contributed by atoms with van der Waals surface area (Å²) in [7, 11) is 0. The van der Waals surface area contributed by atoms with E-state index in [1.807, 2.05) is 60.7 Å². The van der Waals surface area contributed by atoms with E-state index in [9.17, 15) is 15.0 Å². The van der Waals surface area contributed by atoms with Gasteiger partial charge in [0.2, 0.25) is 5.28 Å². The summed E-state index contributed by atoms with van der Waals surface area (Å²) in [6.45, 7) is 0.307. The SMILES string of the molecule is O=C(OCc1ccccc1)N(Cc1ccccc1)[C@H]1C[C@@H](n2cnc3c(NC4CCCC4)nc(Cl)nc32)[C@H](O)[C@@H]1O. The number of aliphatic hydroxyl groups excluding tert-OH is 2. The number of ether oxygens (including phenoxy) is 1. The summed E-state index contributed by atoms with van der Waals surface area (Å²) < 4.78 is 7.41. The zero-order valence-electron chi connectivity index (χ0n) is 22.5. The van der Waals surface area contributed by atoms with Crippen molar-refractivity contribution in [2.75, 3.05) is 5.32 Å². The van der Waals surface area contributed by atoms with Gasteiger partial charge in [0.05, 0.1) is 18.4 Å². The van der Waals surface area contributed by atoms with Crippen LogP contribution in [0.2, 0.25) is 5.28 Å². The molecule has 2 aliphatic rings. The maximum Gasteiger partial charge on any atom is 0.410 e. The average Bonchev–Trinajstić information content (AvgIpc) is 3.72. The van der Waals surface area contributed by atoms with Crippen molar-refractivity contribution in [2.24, 2.45) is 0 Å². The number of anilines is 1. The number of aliphatic hydroxyl groups is 2. The first kappa shape index (κ1) is 27.4. The van der Waals surface area contributed by atoms with E-state index in [0.717, 1.165) is 36.8 Å². The summed E-state index contributed by atoms with van der Waals surface area (Å²) in [4.78, 5) is 28.3. The summed E-state index contributed by atoms with van der Waals surface area (Å²) in [5, 5.41) is 26.1. The van der Waals surface area contributed by atoms with Gasteiger partial charge in [-0.3, -0.25) is 4.90 Å². The Bertz CT molecular complexity index is 1480. The van der Waals surface area contributed by atoms with E-state index in [1.165, 1.54) is 4.90 Å². The Kier molecular flexibility index (Phi) is 8.04. The summed E-state index contributed by atoms with van der Waals surface area (Å²) in [6.07, 6.45) is 3.30. The Morgan fingerprint density at radius 3 is 2.39 bits per heavy atom. The topological polar surface area (TPSA) is 126 Å². The second-order valence-electron chi connectivity index (χ2n) is 10.8. The van der Waals surface area contributed by atoms with Crippen molar-refractivity contribution >= 4 is 34.7 Å². The largest absolute Gasteiger partial charge is 0.445 e. The lowest BCUT2D eigenvalue weighted by Gasteiger charge is -2.30. The maximum atomic E-state index is 13.5. The van der Waals surface area contributed by atoms with Crippen molar-refractivity contribution in [3.8, 4) is 0 Å². The van der Waals surface area contributed by atoms with E-state index in [0.29, 0.717) is 23.0 Å². The number of benzene rings is 2. The molecule has 4 atom stereocenters. The number of hydrogen-bond donors (Lipinski definition) is 3. The highest BCUT2D eigenvalue weighted by molar-refractivity contribution is 6.28. The van der Waals surface area contributed by atoms with E-state index >= 15 is 0 Å². The van der Waals surface area contributed by atoms with Gasteiger partial charge in [0, 0.05) is 12.6 Å². The van der Waals surface area contributed by atoms with E-state index in [2.05, 4.69) is 20.3 Å². The van der Waals surface area contributed by atoms with Crippen molar-refractivity contribution in [1.82, 2.24) is 24.4 Å². The Morgan fingerprint density at radius 2 is 1.68 bits per heavy atom. The number of fused-ring (bicyclic) bond motifs is 1. The van der Waals surface area contributed by atoms with Gasteiger partial charge in [-0.25, -0.2) is 9.78 Å². The first-order chi connectivity index (χ1) is 20.0. The molecule has 41 heavy (non-hydrogen) atoms. The van der Waals surface area contributed by atoms with E-state index in [4.69, 9.17) is 16.3 Å². The molecule has 0 spiro atoms. The van der Waals surface area contributed by atoms with E-state index in [-0.39, 0.29) is 24.9 Å². The third kappa shape index (κ3) is 5.86. The van der Waals surface area contributed by atoms with Gasteiger partial charge in [0.25, 0.3) is 0 Å². The lowest BCUT2D eigenvalue weighted by molar-refractivity contribution is -0.0127. The molecular formula is C30H33ClN6O4. The van der Waals surface area contributed by atoms with Crippen LogP contribution in [-0.4, -0.2) is 65.0 Å². The van der Waals surface area contributed by atoms with Crippen molar-refractivity contribution in [2.45, 2.75) is 75.6 Å². The second kappa shape index (κ2) is 12.0. The molecule has 0 radical (unpaired) electrons. The number of hydrogen-bond acceptors (Lipinski definition) is 8. The van der Waals surface area contributed by atoms with Gasteiger partial charge >= 0.3 is 6.09 Å². The zero-order valence-corrected chi connectivity index (χ0v) is 23.3. The molecule has 6 rings (SSSR count). The molecule has 4 aromatic rings. The summed E-state index contributed by atoms with van der Waals surface area (Å²) in [6, 6.07) is 17.9. The lowest BCUT2D eigenvalue weighted by Crippen LogP contribution is -2.46. The van der Waals surface area contributed by atoms with Crippen LogP contribution in [0, 0.1) is 0 Å². The van der Waals surface area contributed by atoms with Crippen molar-refractivity contribution in [3.05, 3.63) is 83.4 Å². The first-order valence-corrected chi connectivity index (χ1v) is 14.4. The summed E-state index contributed by atoms with van der Waals surface area (Å²) in [5.41, 5.74) is 2.75. The van der Waals surface area contributed by atoms with Gasteiger partial charge in [0.1, 0.15) is 18.8 Å². The molecular weight excluding hydrogens is 544 g/mol. The number of imidazole rings is 1. The van der Waals surface area contributed by atoms with Gasteiger partial charge in [0.15, 0.2) is 17.0 Å². The van der Waals surface area contributed by atoms with Crippen LogP contribution >= 0.6 is 11.6 Å². The molecule has 2 aromatic carbocycles. The molecule has 10 nitrogen and oxygen atoms in total. The average molecular weight is 577 g/mol. The highest BCUT2D eigenvalue weighted by atomic mass is 35.5. The van der Waals surface area contributed by atoms with Crippen LogP contribution in [0.5, 0.6) is 0 Å². The lowest BCUT2D eigenvalue weighted by atomic mass is 10.1. The normalized spacial score (nSPS) is 22.7. The van der Waals surface area contributed by atoms with Crippen molar-refractivity contribution < 1.29 is 19.7 Å². The Labute approximate surface area is 243 Å². The monoisotopic (exact) mass is 576 g/mol. The number of rotatable bonds is 8. The van der Waals surface area contributed by atoms with Crippen LogP contribution in [0.4, 0.5) is 10.6 Å². The fourth-order valence-electron chi connectivity index (χ4n) is 5.97. The Hall–Kier alpha value is -3.73. The highest BCUT2D eigenvalue weighted by Crippen LogP contribution is 2.37. The number of amides is 1. The number of carbonyl (C=O) groups excluding carboxylic acids is 1. The predicted molar refractivity (Wildman–Crippen MR) is 154 cm³/mol. The number of aromatic nitrogens is 4. The van der Waals surface area contributed by atoms with Crippen LogP contribution in [0.1, 0.15) is 49.3 Å². The van der Waals surface area contributed by atoms with Crippen LogP contribution in [-0.2, 0) is 17.9 Å². The molecule has 2 heterocycles. The van der Waals surface area contributed by atoms with Gasteiger partial charge in [-0.05, 0) is 42.0 Å². The van der Waals surface area contributed by atoms with Gasteiger partial charge in [-0.2, -0.15) is 9.97 Å². The molecule has 0 unspecified atom stereocenters. The third-order valence-corrected chi connectivity index (χ3v) is 8.27. The summed E-state index contributed by atoms with van der Waals surface area (Å²) >= 11 is 6.32. The fraction of sp³-hybridized carbons (Fsp3) is 0.400. The number of carbonyl (C=O) groups is 1. The predicted octanol–water partition coefficient (Wildman–Crippen LogP) is 4.71. The zero-order chi connectivity index (χ0) is 28.3. The molecule has 0 bridgehead atoms. The summed E-state index contributed by atoms with van der Waals surface area (Å²) in [5.74, 6) is 0.561. The van der Waals surface area contributed by atoms with E-state index < -0.39 is 30.4 Å². The van der Waals surface area contributed by atoms with Crippen molar-refractivity contribution in [3.63, 3.8) is 0 Å². The minimum atomic E-state index is -1.22. The molecule has 1 amide bonds. The van der Waals surface area contributed by atoms with Crippen LogP contribution < -0.4 is 5.32 Å². The van der Waals surface area contributed by atoms with Gasteiger partial charge in [-0.15, -0.1) is 0 Å². The molecule has 2 aliphatic carbocycles. The van der Waals surface area contributed by atoms with Crippen molar-refractivity contribution in [1.29, 1.82) is 0 Å². The quantitative estimate of drug-likeness (QED) is 0.258. The number of nitrogens with one attached hydrogen (secondary N) is 1. The molecule has 11 heteroatoms. The standard InChI is InChI=1S/C30H33ClN6O4/c31-29-34-27(33-21-13-7-8-14-21)24-28(35-29)37(18-32-24)23-15-22(25(38)26(23)39)36(16-19-9-3-1-4-10-19)30(40)41-17-20-11-5-2-6-12-20/h1-6,9-12,18,21-23,25-26,38-39H,7-8,13-17H2,(H,33,34,35)/t22-,23+,25+,26-/m0/s1. The minimum absolute atomic E-state index is 0.0690. The molecule has 3 N–H and O–H groups in total. The molecule has 2 fully saturated rings. The molecule has 2 aromatic heterocycles. The molecule has 214 valence electrons. The Balaban J connectivity index is 1.27. The number of halogens is 1. The van der Waals surface area contributed by atoms with Crippen LogP contribution in [0.15, 0.2) is 67.0 Å². The first-order valence-electron chi connectivity index (χ1n) is 14.0. The smallest absolute Gasteiger partial charge is 0.410 e. The fourth-order valence-corrected chi connectivity index (χ4v) is 6.13. The van der Waals surface area contributed by atoms with E-state index in [1.54, 1.807) is 10.9 Å². The third-order valence-electron chi connectivity index (χ3n) is 8.10. The second-order valence-corrected chi connectivity index (χ2v) is 11.1. The molecule has 0 aliphatic heterocycles. The molecule has 2 saturated carbocycles. The Morgan fingerprint density at radius 1 is 1.00 bits per heavy atom. The van der Waals surface area contributed by atoms with Gasteiger partial charge in [-0.1, -0.05) is 73.5 Å². The van der Waals surface area contributed by atoms with Crippen LogP contribution in [0.3, 0.4) is 0 Å². The minimum Gasteiger partial charge on any atom is -0.445 e. The van der Waals surface area contributed by atoms with Gasteiger partial charge < -0.3 is 24.8 Å². The number of nitrogens with zero attached hydrogens (tertiary/aromatic N) is 5. The van der Waals surface area contributed by atoms with Crippen LogP contribution in [0.25, 0.3) is 11.2 Å². The molecule has 0 saturated heterocycles. The maximum absolute atomic E-state index is 13.5.